The highest BCUT2D eigenvalue weighted by atomic mass is 32.2. The van der Waals surface area contributed by atoms with Gasteiger partial charge in [0, 0.05) is 5.69 Å². The lowest BCUT2D eigenvalue weighted by atomic mass is 10.1. The van der Waals surface area contributed by atoms with Crippen LogP contribution in [0.5, 0.6) is 0 Å². The predicted molar refractivity (Wildman–Crippen MR) is 121 cm³/mol. The van der Waals surface area contributed by atoms with Crippen LogP contribution >= 0.6 is 0 Å². The normalized spacial score (nSPS) is 11.4. The maximum Gasteiger partial charge on any atom is 0.263 e. The second-order valence-corrected chi connectivity index (χ2v) is 8.58. The molecule has 0 spiro atoms. The van der Waals surface area contributed by atoms with Crippen LogP contribution in [0.25, 0.3) is 11.0 Å². The van der Waals surface area contributed by atoms with Crippen LogP contribution in [0.2, 0.25) is 0 Å². The second-order valence-electron chi connectivity index (χ2n) is 6.90. The van der Waals surface area contributed by atoms with E-state index in [1.165, 1.54) is 17.7 Å². The summed E-state index contributed by atoms with van der Waals surface area (Å²) in [7, 11) is -3.80. The average molecular weight is 419 g/mol. The fourth-order valence-corrected chi connectivity index (χ4v) is 4.15. The van der Waals surface area contributed by atoms with E-state index in [1.807, 2.05) is 42.5 Å². The Balaban J connectivity index is 1.72. The first kappa shape index (κ1) is 19.8. The van der Waals surface area contributed by atoms with Crippen LogP contribution in [0.15, 0.2) is 83.8 Å². The Morgan fingerprint density at radius 3 is 2.00 bits per heavy atom. The van der Waals surface area contributed by atoms with Crippen LogP contribution in [0.4, 0.5) is 17.3 Å². The van der Waals surface area contributed by atoms with Gasteiger partial charge in [0.1, 0.15) is 0 Å². The van der Waals surface area contributed by atoms with E-state index >= 15 is 0 Å². The zero-order valence-electron chi connectivity index (χ0n) is 16.5. The van der Waals surface area contributed by atoms with Crippen molar-refractivity contribution in [3.8, 4) is 0 Å². The van der Waals surface area contributed by atoms with Gasteiger partial charge in [-0.05, 0) is 48.4 Å². The number of aromatic nitrogens is 2. The number of benzene rings is 3. The fourth-order valence-electron chi connectivity index (χ4n) is 3.12. The van der Waals surface area contributed by atoms with E-state index in [0.29, 0.717) is 16.9 Å². The van der Waals surface area contributed by atoms with E-state index in [2.05, 4.69) is 26.9 Å². The first-order chi connectivity index (χ1) is 14.5. The Morgan fingerprint density at radius 2 is 1.37 bits per heavy atom. The monoisotopic (exact) mass is 418 g/mol. The van der Waals surface area contributed by atoms with Crippen LogP contribution in [-0.4, -0.2) is 18.4 Å². The molecule has 3 aromatic carbocycles. The van der Waals surface area contributed by atoms with Gasteiger partial charge in [-0.1, -0.05) is 55.8 Å². The molecule has 6 nitrogen and oxygen atoms in total. The third-order valence-corrected chi connectivity index (χ3v) is 5.97. The minimum atomic E-state index is -3.80. The Bertz CT molecular complexity index is 1260. The molecule has 0 aliphatic carbocycles. The lowest BCUT2D eigenvalue weighted by Gasteiger charge is -2.14. The number of fused-ring (bicyclic) bond motifs is 1. The molecule has 7 heteroatoms. The molecule has 152 valence electrons. The molecule has 4 rings (SSSR count). The van der Waals surface area contributed by atoms with Gasteiger partial charge in [-0.15, -0.1) is 0 Å². The highest BCUT2D eigenvalue weighted by Crippen LogP contribution is 2.27. The van der Waals surface area contributed by atoms with Gasteiger partial charge < -0.3 is 5.32 Å². The smallest absolute Gasteiger partial charge is 0.263 e. The summed E-state index contributed by atoms with van der Waals surface area (Å²) in [5.41, 5.74) is 3.33. The summed E-state index contributed by atoms with van der Waals surface area (Å²) in [6.45, 7) is 2.14. The minimum absolute atomic E-state index is 0.148. The van der Waals surface area contributed by atoms with Crippen molar-refractivity contribution >= 4 is 38.4 Å². The number of hydrogen-bond donors (Lipinski definition) is 2. The maximum atomic E-state index is 12.9. The number of nitrogens with one attached hydrogen (secondary N) is 2. The van der Waals surface area contributed by atoms with Crippen molar-refractivity contribution in [3.05, 3.63) is 84.4 Å². The quantitative estimate of drug-likeness (QED) is 0.435. The van der Waals surface area contributed by atoms with Gasteiger partial charge in [-0.2, -0.15) is 0 Å². The third-order valence-electron chi connectivity index (χ3n) is 4.61. The van der Waals surface area contributed by atoms with E-state index < -0.39 is 10.0 Å². The molecule has 0 aliphatic rings. The molecule has 0 saturated carbocycles. The summed E-state index contributed by atoms with van der Waals surface area (Å²) in [5, 5.41) is 3.21. The molecule has 0 fully saturated rings. The molecular formula is C23H22N4O2S. The van der Waals surface area contributed by atoms with Gasteiger partial charge in [0.15, 0.2) is 11.6 Å². The minimum Gasteiger partial charge on any atom is -0.337 e. The molecule has 1 heterocycles. The molecule has 0 unspecified atom stereocenters. The van der Waals surface area contributed by atoms with Crippen molar-refractivity contribution in [1.82, 2.24) is 9.97 Å². The van der Waals surface area contributed by atoms with E-state index in [-0.39, 0.29) is 10.7 Å². The van der Waals surface area contributed by atoms with E-state index in [4.69, 9.17) is 0 Å². The molecule has 0 amide bonds. The Labute approximate surface area is 176 Å². The number of nitrogens with zero attached hydrogens (tertiary/aromatic N) is 2. The standard InChI is InChI=1S/C23H22N4O2S/c1-2-8-17-13-15-18(16-14-17)24-22-23(26-21-12-7-6-11-20(21)25-22)27-30(28,29)19-9-4-3-5-10-19/h3-7,9-16H,2,8H2,1H3,(H,24,25)(H,26,27). The van der Waals surface area contributed by atoms with Crippen molar-refractivity contribution < 1.29 is 8.42 Å². The molecular weight excluding hydrogens is 396 g/mol. The van der Waals surface area contributed by atoms with Gasteiger partial charge in [-0.25, -0.2) is 18.4 Å². The number of aryl methyl sites for hydroxylation is 1. The summed E-state index contributed by atoms with van der Waals surface area (Å²) < 4.78 is 28.3. The van der Waals surface area contributed by atoms with Crippen LogP contribution in [0.3, 0.4) is 0 Å². The third kappa shape index (κ3) is 4.41. The zero-order chi connectivity index (χ0) is 21.0. The topological polar surface area (TPSA) is 84.0 Å². The fraction of sp³-hybridized carbons (Fsp3) is 0.130. The maximum absolute atomic E-state index is 12.9. The van der Waals surface area contributed by atoms with E-state index in [1.54, 1.807) is 24.3 Å². The molecule has 30 heavy (non-hydrogen) atoms. The number of rotatable bonds is 7. The molecule has 0 aliphatic heterocycles. The zero-order valence-corrected chi connectivity index (χ0v) is 17.4. The Kier molecular flexibility index (Phi) is 5.63. The molecule has 0 saturated heterocycles. The average Bonchev–Trinajstić information content (AvgIpc) is 2.76. The lowest BCUT2D eigenvalue weighted by molar-refractivity contribution is 0.601. The number of para-hydroxylation sites is 2. The van der Waals surface area contributed by atoms with Crippen molar-refractivity contribution in [3.63, 3.8) is 0 Å². The molecule has 0 atom stereocenters. The summed E-state index contributed by atoms with van der Waals surface area (Å²) >= 11 is 0. The van der Waals surface area contributed by atoms with Crippen LogP contribution in [0, 0.1) is 0 Å². The van der Waals surface area contributed by atoms with Crippen LogP contribution in [0.1, 0.15) is 18.9 Å². The molecule has 4 aromatic rings. The second kappa shape index (κ2) is 8.51. The Morgan fingerprint density at radius 1 is 0.767 bits per heavy atom. The summed E-state index contributed by atoms with van der Waals surface area (Å²) in [4.78, 5) is 9.28. The van der Waals surface area contributed by atoms with Gasteiger partial charge in [0.05, 0.1) is 15.9 Å². The van der Waals surface area contributed by atoms with Gasteiger partial charge in [-0.3, -0.25) is 4.72 Å². The van der Waals surface area contributed by atoms with Crippen molar-refractivity contribution in [2.24, 2.45) is 0 Å². The summed E-state index contributed by atoms with van der Waals surface area (Å²) in [6, 6.07) is 23.6. The number of anilines is 3. The number of sulfonamides is 1. The summed E-state index contributed by atoms with van der Waals surface area (Å²) in [5.74, 6) is 0.492. The molecule has 1 aromatic heterocycles. The highest BCUT2D eigenvalue weighted by molar-refractivity contribution is 7.92. The largest absolute Gasteiger partial charge is 0.337 e. The predicted octanol–water partition coefficient (Wildman–Crippen LogP) is 5.13. The summed E-state index contributed by atoms with van der Waals surface area (Å²) in [6.07, 6.45) is 2.09. The lowest BCUT2D eigenvalue weighted by Crippen LogP contribution is -2.16. The van der Waals surface area contributed by atoms with E-state index in [9.17, 15) is 8.42 Å². The van der Waals surface area contributed by atoms with Crippen molar-refractivity contribution in [2.45, 2.75) is 24.7 Å². The number of hydrogen-bond acceptors (Lipinski definition) is 5. The first-order valence-electron chi connectivity index (χ1n) is 9.76. The molecule has 0 radical (unpaired) electrons. The Hall–Kier alpha value is -3.45. The van der Waals surface area contributed by atoms with Gasteiger partial charge in [0.25, 0.3) is 10.0 Å². The highest BCUT2D eigenvalue weighted by Gasteiger charge is 2.18. The van der Waals surface area contributed by atoms with Gasteiger partial charge >= 0.3 is 0 Å². The van der Waals surface area contributed by atoms with Crippen molar-refractivity contribution in [2.75, 3.05) is 10.0 Å². The van der Waals surface area contributed by atoms with Crippen LogP contribution < -0.4 is 10.0 Å². The molecule has 0 bridgehead atoms. The molecule has 2 N–H and O–H groups in total. The van der Waals surface area contributed by atoms with Crippen molar-refractivity contribution in [1.29, 1.82) is 0 Å². The first-order valence-corrected chi connectivity index (χ1v) is 11.2. The van der Waals surface area contributed by atoms with E-state index in [0.717, 1.165) is 18.5 Å². The SMILES string of the molecule is CCCc1ccc(Nc2nc3ccccc3nc2NS(=O)(=O)c2ccccc2)cc1. The van der Waals surface area contributed by atoms with Crippen LogP contribution in [-0.2, 0) is 16.4 Å². The van der Waals surface area contributed by atoms with Gasteiger partial charge in [0.2, 0.25) is 0 Å².